The standard InChI is InChI=1S/C12H18N4O2/c1-9-10(7-13)11(16(2)15-9)14-8-12(17)3-5-18-6-4-12/h14,17H,3-6,8H2,1-2H3. The molecule has 98 valence electrons. The highest BCUT2D eigenvalue weighted by molar-refractivity contribution is 5.55. The molecule has 1 saturated heterocycles. The summed E-state index contributed by atoms with van der Waals surface area (Å²) < 4.78 is 6.87. The molecule has 2 heterocycles. The molecule has 0 spiro atoms. The van der Waals surface area contributed by atoms with Crippen LogP contribution in [0, 0.1) is 18.3 Å². The number of aliphatic hydroxyl groups is 1. The van der Waals surface area contributed by atoms with Crippen molar-refractivity contribution in [2.45, 2.75) is 25.4 Å². The van der Waals surface area contributed by atoms with Gasteiger partial charge < -0.3 is 15.2 Å². The third kappa shape index (κ3) is 2.47. The van der Waals surface area contributed by atoms with Gasteiger partial charge in [-0.2, -0.15) is 10.4 Å². The number of nitrogens with zero attached hydrogens (tertiary/aromatic N) is 3. The van der Waals surface area contributed by atoms with Gasteiger partial charge in [-0.05, 0) is 6.92 Å². The number of anilines is 1. The van der Waals surface area contributed by atoms with E-state index >= 15 is 0 Å². The fraction of sp³-hybridized carbons (Fsp3) is 0.667. The van der Waals surface area contributed by atoms with Gasteiger partial charge in [-0.3, -0.25) is 4.68 Å². The number of rotatable bonds is 3. The lowest BCUT2D eigenvalue weighted by Crippen LogP contribution is -2.42. The Labute approximate surface area is 106 Å². The smallest absolute Gasteiger partial charge is 0.142 e. The predicted molar refractivity (Wildman–Crippen MR) is 66.2 cm³/mol. The van der Waals surface area contributed by atoms with Crippen LogP contribution in [-0.4, -0.2) is 40.2 Å². The van der Waals surface area contributed by atoms with Crippen LogP contribution < -0.4 is 5.32 Å². The van der Waals surface area contributed by atoms with Crippen molar-refractivity contribution in [1.82, 2.24) is 9.78 Å². The van der Waals surface area contributed by atoms with Crippen LogP contribution in [0.3, 0.4) is 0 Å². The Morgan fingerprint density at radius 2 is 2.22 bits per heavy atom. The molecular weight excluding hydrogens is 232 g/mol. The second kappa shape index (κ2) is 4.96. The maximum atomic E-state index is 10.3. The van der Waals surface area contributed by atoms with Gasteiger partial charge in [-0.15, -0.1) is 0 Å². The summed E-state index contributed by atoms with van der Waals surface area (Å²) in [5.74, 6) is 0.662. The molecule has 1 aromatic heterocycles. The number of hydrogen-bond acceptors (Lipinski definition) is 5. The molecule has 2 N–H and O–H groups in total. The van der Waals surface area contributed by atoms with Crippen molar-refractivity contribution in [3.63, 3.8) is 0 Å². The maximum Gasteiger partial charge on any atom is 0.142 e. The fourth-order valence-corrected chi connectivity index (χ4v) is 2.17. The SMILES string of the molecule is Cc1nn(C)c(NCC2(O)CCOCC2)c1C#N. The van der Waals surface area contributed by atoms with E-state index in [4.69, 9.17) is 10.00 Å². The number of nitrogens with one attached hydrogen (secondary N) is 1. The van der Waals surface area contributed by atoms with Gasteiger partial charge in [0, 0.05) is 39.6 Å². The van der Waals surface area contributed by atoms with Crippen molar-refractivity contribution in [3.8, 4) is 6.07 Å². The lowest BCUT2D eigenvalue weighted by molar-refractivity contribution is -0.0544. The Morgan fingerprint density at radius 3 is 2.83 bits per heavy atom. The Kier molecular flexibility index (Phi) is 3.55. The molecule has 0 radical (unpaired) electrons. The molecule has 1 aliphatic heterocycles. The van der Waals surface area contributed by atoms with E-state index in [-0.39, 0.29) is 0 Å². The molecule has 0 saturated carbocycles. The van der Waals surface area contributed by atoms with Crippen LogP contribution in [0.1, 0.15) is 24.1 Å². The predicted octanol–water partition coefficient (Wildman–Crippen LogP) is 0.554. The topological polar surface area (TPSA) is 83.1 Å². The third-order valence-electron chi connectivity index (χ3n) is 3.34. The molecule has 6 nitrogen and oxygen atoms in total. The van der Waals surface area contributed by atoms with E-state index in [9.17, 15) is 5.11 Å². The summed E-state index contributed by atoms with van der Waals surface area (Å²) >= 11 is 0. The minimum absolute atomic E-state index is 0.407. The number of hydrogen-bond donors (Lipinski definition) is 2. The monoisotopic (exact) mass is 250 g/mol. The van der Waals surface area contributed by atoms with Gasteiger partial charge in [0.15, 0.2) is 0 Å². The van der Waals surface area contributed by atoms with Crippen LogP contribution in [0.15, 0.2) is 0 Å². The molecule has 0 atom stereocenters. The molecule has 1 fully saturated rings. The second-order valence-corrected chi connectivity index (χ2v) is 4.73. The van der Waals surface area contributed by atoms with Gasteiger partial charge >= 0.3 is 0 Å². The quantitative estimate of drug-likeness (QED) is 0.818. The minimum atomic E-state index is -0.761. The zero-order valence-corrected chi connectivity index (χ0v) is 10.7. The van der Waals surface area contributed by atoms with Crippen LogP contribution >= 0.6 is 0 Å². The first kappa shape index (κ1) is 12.9. The molecule has 0 aromatic carbocycles. The molecule has 0 aliphatic carbocycles. The van der Waals surface area contributed by atoms with E-state index in [1.807, 2.05) is 0 Å². The largest absolute Gasteiger partial charge is 0.388 e. The van der Waals surface area contributed by atoms with Crippen molar-refractivity contribution < 1.29 is 9.84 Å². The zero-order valence-electron chi connectivity index (χ0n) is 10.7. The van der Waals surface area contributed by atoms with Crippen molar-refractivity contribution >= 4 is 5.82 Å². The molecule has 1 aliphatic rings. The van der Waals surface area contributed by atoms with E-state index in [1.165, 1.54) is 0 Å². The van der Waals surface area contributed by atoms with Gasteiger partial charge in [0.2, 0.25) is 0 Å². The lowest BCUT2D eigenvalue weighted by atomic mass is 9.94. The van der Waals surface area contributed by atoms with Gasteiger partial charge in [-0.1, -0.05) is 0 Å². The second-order valence-electron chi connectivity index (χ2n) is 4.73. The molecule has 0 amide bonds. The lowest BCUT2D eigenvalue weighted by Gasteiger charge is -2.32. The maximum absolute atomic E-state index is 10.3. The number of aromatic nitrogens is 2. The Morgan fingerprint density at radius 1 is 1.56 bits per heavy atom. The van der Waals surface area contributed by atoms with E-state index in [2.05, 4.69) is 16.5 Å². The molecule has 2 rings (SSSR count). The van der Waals surface area contributed by atoms with Crippen LogP contribution in [0.5, 0.6) is 0 Å². The molecular formula is C12H18N4O2. The molecule has 6 heteroatoms. The third-order valence-corrected chi connectivity index (χ3v) is 3.34. The number of ether oxygens (including phenoxy) is 1. The van der Waals surface area contributed by atoms with Gasteiger partial charge in [-0.25, -0.2) is 0 Å². The van der Waals surface area contributed by atoms with Gasteiger partial charge in [0.05, 0.1) is 11.3 Å². The van der Waals surface area contributed by atoms with E-state index < -0.39 is 5.60 Å². The van der Waals surface area contributed by atoms with Gasteiger partial charge in [0.25, 0.3) is 0 Å². The highest BCUT2D eigenvalue weighted by atomic mass is 16.5. The summed E-state index contributed by atoms with van der Waals surface area (Å²) in [6.45, 7) is 3.36. The first-order chi connectivity index (χ1) is 8.56. The highest BCUT2D eigenvalue weighted by Gasteiger charge is 2.30. The molecule has 0 unspecified atom stereocenters. The average molecular weight is 250 g/mol. The summed E-state index contributed by atoms with van der Waals surface area (Å²) in [6.07, 6.45) is 1.22. The van der Waals surface area contributed by atoms with Crippen LogP contribution in [0.4, 0.5) is 5.82 Å². The minimum Gasteiger partial charge on any atom is -0.388 e. The van der Waals surface area contributed by atoms with Crippen LogP contribution in [0.2, 0.25) is 0 Å². The average Bonchev–Trinajstić information content (AvgIpc) is 2.61. The zero-order chi connectivity index (χ0) is 13.2. The fourth-order valence-electron chi connectivity index (χ4n) is 2.17. The van der Waals surface area contributed by atoms with Gasteiger partial charge in [0.1, 0.15) is 17.5 Å². The molecule has 0 bridgehead atoms. The Hall–Kier alpha value is -1.58. The summed E-state index contributed by atoms with van der Waals surface area (Å²) in [4.78, 5) is 0. The normalized spacial score (nSPS) is 18.3. The Bertz CT molecular complexity index is 469. The first-order valence-electron chi connectivity index (χ1n) is 6.03. The van der Waals surface area contributed by atoms with E-state index in [0.717, 1.165) is 0 Å². The van der Waals surface area contributed by atoms with E-state index in [0.29, 0.717) is 49.7 Å². The summed E-state index contributed by atoms with van der Waals surface area (Å²) in [5, 5.41) is 26.8. The molecule has 18 heavy (non-hydrogen) atoms. The summed E-state index contributed by atoms with van der Waals surface area (Å²) in [6, 6.07) is 2.13. The van der Waals surface area contributed by atoms with Crippen LogP contribution in [-0.2, 0) is 11.8 Å². The summed E-state index contributed by atoms with van der Waals surface area (Å²) in [5.41, 5.74) is 0.470. The highest BCUT2D eigenvalue weighted by Crippen LogP contribution is 2.23. The number of aryl methyl sites for hydroxylation is 2. The van der Waals surface area contributed by atoms with Crippen molar-refractivity contribution in [2.24, 2.45) is 7.05 Å². The van der Waals surface area contributed by atoms with Crippen molar-refractivity contribution in [2.75, 3.05) is 25.1 Å². The molecule has 1 aromatic rings. The summed E-state index contributed by atoms with van der Waals surface area (Å²) in [7, 11) is 1.78. The van der Waals surface area contributed by atoms with Crippen molar-refractivity contribution in [1.29, 1.82) is 5.26 Å². The Balaban J connectivity index is 2.08. The van der Waals surface area contributed by atoms with Crippen LogP contribution in [0.25, 0.3) is 0 Å². The van der Waals surface area contributed by atoms with E-state index in [1.54, 1.807) is 18.7 Å². The number of nitriles is 1. The first-order valence-corrected chi connectivity index (χ1v) is 6.03. The van der Waals surface area contributed by atoms with Crippen molar-refractivity contribution in [3.05, 3.63) is 11.3 Å².